The van der Waals surface area contributed by atoms with Crippen LogP contribution in [0.3, 0.4) is 0 Å². The molecule has 1 N–H and O–H groups in total. The van der Waals surface area contributed by atoms with E-state index in [4.69, 9.17) is 4.42 Å². The molecular formula is C18H21N3O2S. The topological polar surface area (TPSA) is 68.0 Å². The van der Waals surface area contributed by atoms with Crippen molar-refractivity contribution in [3.05, 3.63) is 39.7 Å². The molecule has 0 unspecified atom stereocenters. The normalized spacial score (nSPS) is 11.6. The molecule has 2 heterocycles. The second-order valence-electron chi connectivity index (χ2n) is 6.46. The van der Waals surface area contributed by atoms with Gasteiger partial charge in [0, 0.05) is 17.5 Å². The largest absolute Gasteiger partial charge is 0.440 e. The minimum atomic E-state index is -0.135. The Balaban J connectivity index is 1.85. The van der Waals surface area contributed by atoms with Crippen LogP contribution in [0.2, 0.25) is 0 Å². The minimum absolute atomic E-state index is 0.135. The third kappa shape index (κ3) is 3.19. The van der Waals surface area contributed by atoms with Crippen molar-refractivity contribution in [2.24, 2.45) is 0 Å². The van der Waals surface area contributed by atoms with E-state index in [1.807, 2.05) is 39.0 Å². The maximum atomic E-state index is 12.5. The lowest BCUT2D eigenvalue weighted by molar-refractivity contribution is 0.103. The Morgan fingerprint density at radius 1 is 1.17 bits per heavy atom. The van der Waals surface area contributed by atoms with E-state index in [-0.39, 0.29) is 11.8 Å². The number of hydrogen-bond donors (Lipinski definition) is 1. The fourth-order valence-corrected chi connectivity index (χ4v) is 3.30. The third-order valence-corrected chi connectivity index (χ3v) is 5.13. The van der Waals surface area contributed by atoms with Crippen molar-refractivity contribution >= 4 is 34.0 Å². The molecule has 6 heteroatoms. The average Bonchev–Trinajstić information content (AvgIpc) is 3.10. The van der Waals surface area contributed by atoms with Gasteiger partial charge in [-0.2, -0.15) is 0 Å². The molecule has 0 fully saturated rings. The number of aromatic nitrogens is 2. The Labute approximate surface area is 145 Å². The molecule has 0 bridgehead atoms. The van der Waals surface area contributed by atoms with Crippen LogP contribution < -0.4 is 5.32 Å². The van der Waals surface area contributed by atoms with Gasteiger partial charge in [0.2, 0.25) is 0 Å². The second-order valence-corrected chi connectivity index (χ2v) is 7.50. The number of amides is 1. The minimum Gasteiger partial charge on any atom is -0.440 e. The number of anilines is 1. The average molecular weight is 343 g/mol. The quantitative estimate of drug-likeness (QED) is 0.716. The number of nitrogens with one attached hydrogen (secondary N) is 1. The van der Waals surface area contributed by atoms with Crippen LogP contribution in [0.25, 0.3) is 11.1 Å². The van der Waals surface area contributed by atoms with Crippen LogP contribution in [0.15, 0.2) is 22.6 Å². The van der Waals surface area contributed by atoms with Crippen molar-refractivity contribution in [2.75, 3.05) is 5.32 Å². The standard InChI is InChI=1S/C18H21N3O2S/c1-9(2)17-21-13-8-12(6-7-14(13)23-17)20-16(22)15-11(5)19-18(24-15)10(3)4/h6-10H,1-5H3,(H,20,22). The fraction of sp³-hybridized carbons (Fsp3) is 0.389. The van der Waals surface area contributed by atoms with E-state index >= 15 is 0 Å². The monoisotopic (exact) mass is 343 g/mol. The zero-order valence-corrected chi connectivity index (χ0v) is 15.3. The van der Waals surface area contributed by atoms with Gasteiger partial charge in [-0.05, 0) is 25.1 Å². The Kier molecular flexibility index (Phi) is 4.41. The maximum Gasteiger partial charge on any atom is 0.267 e. The number of fused-ring (bicyclic) bond motifs is 1. The Morgan fingerprint density at radius 3 is 2.54 bits per heavy atom. The number of rotatable bonds is 4. The first-order valence-corrected chi connectivity index (χ1v) is 8.86. The van der Waals surface area contributed by atoms with Gasteiger partial charge in [-0.15, -0.1) is 11.3 Å². The molecule has 2 aromatic heterocycles. The van der Waals surface area contributed by atoms with Crippen LogP contribution in [0.4, 0.5) is 5.69 Å². The predicted molar refractivity (Wildman–Crippen MR) is 97.0 cm³/mol. The van der Waals surface area contributed by atoms with Crippen LogP contribution in [0.1, 0.15) is 65.8 Å². The number of nitrogens with zero attached hydrogens (tertiary/aromatic N) is 2. The SMILES string of the molecule is Cc1nc(C(C)C)sc1C(=O)Nc1ccc2oc(C(C)C)nc2c1. The van der Waals surface area contributed by atoms with Crippen LogP contribution in [-0.2, 0) is 0 Å². The van der Waals surface area contributed by atoms with Crippen molar-refractivity contribution in [2.45, 2.75) is 46.5 Å². The van der Waals surface area contributed by atoms with Gasteiger partial charge in [-0.3, -0.25) is 4.79 Å². The highest BCUT2D eigenvalue weighted by Gasteiger charge is 2.17. The molecule has 3 aromatic rings. The van der Waals surface area contributed by atoms with Gasteiger partial charge < -0.3 is 9.73 Å². The molecule has 0 aliphatic rings. The smallest absolute Gasteiger partial charge is 0.267 e. The van der Waals surface area contributed by atoms with Gasteiger partial charge in [0.1, 0.15) is 10.4 Å². The number of carbonyl (C=O) groups excluding carboxylic acids is 1. The summed E-state index contributed by atoms with van der Waals surface area (Å²) in [4.78, 5) is 22.1. The molecule has 0 aliphatic carbocycles. The molecule has 0 saturated heterocycles. The van der Waals surface area contributed by atoms with Crippen molar-refractivity contribution in [3.63, 3.8) is 0 Å². The predicted octanol–water partition coefficient (Wildman–Crippen LogP) is 5.09. The number of thiazole rings is 1. The summed E-state index contributed by atoms with van der Waals surface area (Å²) in [6.07, 6.45) is 0. The van der Waals surface area contributed by atoms with Crippen molar-refractivity contribution in [1.82, 2.24) is 9.97 Å². The van der Waals surface area contributed by atoms with Crippen LogP contribution in [0.5, 0.6) is 0 Å². The highest BCUT2D eigenvalue weighted by Crippen LogP contribution is 2.27. The molecule has 0 spiro atoms. The molecule has 0 saturated carbocycles. The molecule has 1 amide bonds. The summed E-state index contributed by atoms with van der Waals surface area (Å²) in [5, 5.41) is 3.91. The lowest BCUT2D eigenvalue weighted by Crippen LogP contribution is -2.11. The molecular weight excluding hydrogens is 322 g/mol. The zero-order chi connectivity index (χ0) is 17.4. The first kappa shape index (κ1) is 16.6. The van der Waals surface area contributed by atoms with Gasteiger partial charge in [-0.25, -0.2) is 9.97 Å². The van der Waals surface area contributed by atoms with Gasteiger partial charge >= 0.3 is 0 Å². The number of benzene rings is 1. The number of carbonyl (C=O) groups is 1. The van der Waals surface area contributed by atoms with Crippen LogP contribution >= 0.6 is 11.3 Å². The molecule has 0 aliphatic heterocycles. The molecule has 126 valence electrons. The lowest BCUT2D eigenvalue weighted by Gasteiger charge is -2.03. The van der Waals surface area contributed by atoms with Crippen molar-refractivity contribution in [1.29, 1.82) is 0 Å². The third-order valence-electron chi connectivity index (χ3n) is 3.67. The first-order valence-electron chi connectivity index (χ1n) is 8.04. The summed E-state index contributed by atoms with van der Waals surface area (Å²) in [6, 6.07) is 5.50. The summed E-state index contributed by atoms with van der Waals surface area (Å²) >= 11 is 1.45. The van der Waals surface area contributed by atoms with Gasteiger partial charge in [-0.1, -0.05) is 27.7 Å². The van der Waals surface area contributed by atoms with E-state index in [0.717, 1.165) is 21.8 Å². The molecule has 24 heavy (non-hydrogen) atoms. The van der Waals surface area contributed by atoms with E-state index in [1.165, 1.54) is 11.3 Å². The van der Waals surface area contributed by atoms with Crippen LogP contribution in [-0.4, -0.2) is 15.9 Å². The summed E-state index contributed by atoms with van der Waals surface area (Å²) in [6.45, 7) is 10.1. The molecule has 0 radical (unpaired) electrons. The Bertz CT molecular complexity index is 893. The van der Waals surface area contributed by atoms with Gasteiger partial charge in [0.25, 0.3) is 5.91 Å². The zero-order valence-electron chi connectivity index (χ0n) is 14.5. The van der Waals surface area contributed by atoms with Crippen molar-refractivity contribution in [3.8, 4) is 0 Å². The lowest BCUT2D eigenvalue weighted by atomic mass is 10.2. The molecule has 1 aromatic carbocycles. The van der Waals surface area contributed by atoms with E-state index in [2.05, 4.69) is 29.1 Å². The summed E-state index contributed by atoms with van der Waals surface area (Å²) in [5.74, 6) is 1.11. The highest BCUT2D eigenvalue weighted by molar-refractivity contribution is 7.14. The van der Waals surface area contributed by atoms with E-state index < -0.39 is 0 Å². The van der Waals surface area contributed by atoms with Gasteiger partial charge in [0.05, 0.1) is 10.7 Å². The van der Waals surface area contributed by atoms with Gasteiger partial charge in [0.15, 0.2) is 11.5 Å². The number of oxazole rings is 1. The van der Waals surface area contributed by atoms with E-state index in [9.17, 15) is 4.79 Å². The Hall–Kier alpha value is -2.21. The molecule has 0 atom stereocenters. The summed E-state index contributed by atoms with van der Waals surface area (Å²) in [7, 11) is 0. The van der Waals surface area contributed by atoms with Crippen LogP contribution in [0, 0.1) is 6.92 Å². The van der Waals surface area contributed by atoms with Crippen molar-refractivity contribution < 1.29 is 9.21 Å². The molecule has 5 nitrogen and oxygen atoms in total. The van der Waals surface area contributed by atoms with E-state index in [1.54, 1.807) is 0 Å². The fourth-order valence-electron chi connectivity index (χ4n) is 2.33. The summed E-state index contributed by atoms with van der Waals surface area (Å²) in [5.41, 5.74) is 2.95. The first-order chi connectivity index (χ1) is 11.3. The second kappa shape index (κ2) is 6.36. The molecule has 3 rings (SSSR count). The highest BCUT2D eigenvalue weighted by atomic mass is 32.1. The van der Waals surface area contributed by atoms with E-state index in [0.29, 0.717) is 22.4 Å². The Morgan fingerprint density at radius 2 is 1.92 bits per heavy atom. The number of aryl methyl sites for hydroxylation is 1. The maximum absolute atomic E-state index is 12.5. The number of hydrogen-bond acceptors (Lipinski definition) is 5. The summed E-state index contributed by atoms with van der Waals surface area (Å²) < 4.78 is 5.69.